The normalized spacial score (nSPS) is 13.8. The Hall–Kier alpha value is -3.14. The molecule has 3 aromatic rings. The Balaban J connectivity index is 1.72. The van der Waals surface area contributed by atoms with Crippen LogP contribution in [0.3, 0.4) is 0 Å². The SMILES string of the molecule is O=C(/C=C/c1cn(-c2ccccc2)nc1-c1ccccc1)N1CCC1. The van der Waals surface area contributed by atoms with E-state index in [-0.39, 0.29) is 5.91 Å². The number of nitrogens with zero attached hydrogens (tertiary/aromatic N) is 3. The van der Waals surface area contributed by atoms with E-state index in [1.165, 1.54) is 0 Å². The lowest BCUT2D eigenvalue weighted by Gasteiger charge is -2.29. The molecule has 2 aromatic carbocycles. The molecule has 0 saturated carbocycles. The first-order valence-electron chi connectivity index (χ1n) is 8.49. The van der Waals surface area contributed by atoms with E-state index in [0.29, 0.717) is 0 Å². The van der Waals surface area contributed by atoms with Crippen molar-refractivity contribution in [2.75, 3.05) is 13.1 Å². The highest BCUT2D eigenvalue weighted by Gasteiger charge is 2.18. The van der Waals surface area contributed by atoms with E-state index in [1.54, 1.807) is 6.08 Å². The van der Waals surface area contributed by atoms with Gasteiger partial charge in [-0.2, -0.15) is 5.10 Å². The van der Waals surface area contributed by atoms with Crippen LogP contribution in [-0.2, 0) is 4.79 Å². The molecule has 0 radical (unpaired) electrons. The highest BCUT2D eigenvalue weighted by Crippen LogP contribution is 2.25. The summed E-state index contributed by atoms with van der Waals surface area (Å²) in [7, 11) is 0. The standard InChI is InChI=1S/C21H19N3O/c25-20(23-14-7-15-23)13-12-18-16-24(19-10-5-2-6-11-19)22-21(18)17-8-3-1-4-9-17/h1-6,8-13,16H,7,14-15H2/b13-12+. The Kier molecular flexibility index (Phi) is 4.17. The van der Waals surface area contributed by atoms with Gasteiger partial charge in [0.2, 0.25) is 5.91 Å². The summed E-state index contributed by atoms with van der Waals surface area (Å²) in [6.07, 6.45) is 6.59. The number of amides is 1. The topological polar surface area (TPSA) is 38.1 Å². The van der Waals surface area contributed by atoms with Crippen LogP contribution in [0.2, 0.25) is 0 Å². The van der Waals surface area contributed by atoms with E-state index in [2.05, 4.69) is 0 Å². The van der Waals surface area contributed by atoms with Crippen molar-refractivity contribution in [3.63, 3.8) is 0 Å². The fourth-order valence-corrected chi connectivity index (χ4v) is 2.85. The Morgan fingerprint density at radius 2 is 1.64 bits per heavy atom. The smallest absolute Gasteiger partial charge is 0.246 e. The number of carbonyl (C=O) groups excluding carboxylic acids is 1. The van der Waals surface area contributed by atoms with Gasteiger partial charge in [0.25, 0.3) is 0 Å². The van der Waals surface area contributed by atoms with Gasteiger partial charge in [-0.3, -0.25) is 4.79 Å². The molecule has 2 heterocycles. The third-order valence-corrected chi connectivity index (χ3v) is 4.38. The molecule has 0 aliphatic carbocycles. The summed E-state index contributed by atoms with van der Waals surface area (Å²) < 4.78 is 1.86. The third kappa shape index (κ3) is 3.24. The van der Waals surface area contributed by atoms with Gasteiger partial charge < -0.3 is 4.90 Å². The molecule has 1 aliphatic rings. The van der Waals surface area contributed by atoms with Crippen LogP contribution >= 0.6 is 0 Å². The number of rotatable bonds is 4. The molecular formula is C21H19N3O. The van der Waals surface area contributed by atoms with Gasteiger partial charge >= 0.3 is 0 Å². The number of carbonyl (C=O) groups is 1. The van der Waals surface area contributed by atoms with Gasteiger partial charge in [-0.15, -0.1) is 0 Å². The van der Waals surface area contributed by atoms with Crippen LogP contribution in [0.25, 0.3) is 23.0 Å². The number of likely N-dealkylation sites (tertiary alicyclic amines) is 1. The lowest BCUT2D eigenvalue weighted by Crippen LogP contribution is -2.40. The molecule has 0 spiro atoms. The second-order valence-corrected chi connectivity index (χ2v) is 6.09. The number of aromatic nitrogens is 2. The van der Waals surface area contributed by atoms with Crippen molar-refractivity contribution in [3.8, 4) is 16.9 Å². The lowest BCUT2D eigenvalue weighted by molar-refractivity contribution is -0.129. The Morgan fingerprint density at radius 3 is 2.28 bits per heavy atom. The van der Waals surface area contributed by atoms with Crippen LogP contribution < -0.4 is 0 Å². The molecule has 124 valence electrons. The monoisotopic (exact) mass is 329 g/mol. The van der Waals surface area contributed by atoms with Crippen LogP contribution in [-0.4, -0.2) is 33.7 Å². The minimum absolute atomic E-state index is 0.0673. The van der Waals surface area contributed by atoms with Gasteiger partial charge in [-0.25, -0.2) is 4.68 Å². The van der Waals surface area contributed by atoms with E-state index < -0.39 is 0 Å². The van der Waals surface area contributed by atoms with Crippen molar-refractivity contribution in [2.24, 2.45) is 0 Å². The maximum Gasteiger partial charge on any atom is 0.246 e. The summed E-state index contributed by atoms with van der Waals surface area (Å²) in [5, 5.41) is 4.75. The molecule has 1 aromatic heterocycles. The molecule has 0 bridgehead atoms. The largest absolute Gasteiger partial charge is 0.339 e. The molecule has 4 nitrogen and oxygen atoms in total. The van der Waals surface area contributed by atoms with Crippen LogP contribution in [0.4, 0.5) is 0 Å². The van der Waals surface area contributed by atoms with Crippen LogP contribution in [0.1, 0.15) is 12.0 Å². The van der Waals surface area contributed by atoms with Gasteiger partial charge in [0.05, 0.1) is 11.4 Å². The second kappa shape index (κ2) is 6.77. The van der Waals surface area contributed by atoms with E-state index in [0.717, 1.165) is 42.0 Å². The number of benzene rings is 2. The van der Waals surface area contributed by atoms with Gasteiger partial charge in [-0.1, -0.05) is 48.5 Å². The van der Waals surface area contributed by atoms with E-state index in [4.69, 9.17) is 5.10 Å². The van der Waals surface area contributed by atoms with Crippen LogP contribution in [0.5, 0.6) is 0 Å². The molecule has 1 fully saturated rings. The zero-order valence-electron chi connectivity index (χ0n) is 13.9. The summed E-state index contributed by atoms with van der Waals surface area (Å²) in [5.41, 5.74) is 3.84. The van der Waals surface area contributed by atoms with E-state index in [1.807, 2.05) is 82.5 Å². The van der Waals surface area contributed by atoms with Gasteiger partial charge in [0.1, 0.15) is 0 Å². The van der Waals surface area contributed by atoms with Gasteiger partial charge in [0, 0.05) is 36.5 Å². The van der Waals surface area contributed by atoms with E-state index in [9.17, 15) is 4.79 Å². The van der Waals surface area contributed by atoms with Gasteiger partial charge in [-0.05, 0) is 24.6 Å². The predicted molar refractivity (Wildman–Crippen MR) is 99.2 cm³/mol. The van der Waals surface area contributed by atoms with Crippen LogP contribution in [0, 0.1) is 0 Å². The summed E-state index contributed by atoms with van der Waals surface area (Å²) in [6, 6.07) is 20.0. The fourth-order valence-electron chi connectivity index (χ4n) is 2.85. The number of para-hydroxylation sites is 1. The quantitative estimate of drug-likeness (QED) is 0.683. The first kappa shape index (κ1) is 15.4. The zero-order chi connectivity index (χ0) is 17.1. The van der Waals surface area contributed by atoms with E-state index >= 15 is 0 Å². The Bertz CT molecular complexity index is 893. The second-order valence-electron chi connectivity index (χ2n) is 6.09. The maximum atomic E-state index is 12.1. The van der Waals surface area contributed by atoms with Crippen molar-refractivity contribution >= 4 is 12.0 Å². The van der Waals surface area contributed by atoms with Crippen molar-refractivity contribution in [3.05, 3.63) is 78.5 Å². The molecule has 1 amide bonds. The molecule has 0 unspecified atom stereocenters. The molecule has 4 rings (SSSR count). The first-order chi connectivity index (χ1) is 12.3. The molecular weight excluding hydrogens is 310 g/mol. The summed E-state index contributed by atoms with van der Waals surface area (Å²) in [5.74, 6) is 0.0673. The number of hydrogen-bond donors (Lipinski definition) is 0. The minimum Gasteiger partial charge on any atom is -0.339 e. The van der Waals surface area contributed by atoms with Crippen molar-refractivity contribution in [1.29, 1.82) is 0 Å². The molecule has 4 heteroatoms. The zero-order valence-corrected chi connectivity index (χ0v) is 13.9. The molecule has 1 aliphatic heterocycles. The van der Waals surface area contributed by atoms with Crippen molar-refractivity contribution in [1.82, 2.24) is 14.7 Å². The Labute approximate surface area is 147 Å². The molecule has 0 atom stereocenters. The molecule has 0 N–H and O–H groups in total. The van der Waals surface area contributed by atoms with Crippen molar-refractivity contribution in [2.45, 2.75) is 6.42 Å². The third-order valence-electron chi connectivity index (χ3n) is 4.38. The lowest BCUT2D eigenvalue weighted by atomic mass is 10.1. The van der Waals surface area contributed by atoms with Crippen molar-refractivity contribution < 1.29 is 4.79 Å². The average molecular weight is 329 g/mol. The summed E-state index contributed by atoms with van der Waals surface area (Å²) in [4.78, 5) is 14.0. The average Bonchev–Trinajstić information content (AvgIpc) is 3.04. The number of hydrogen-bond acceptors (Lipinski definition) is 2. The van der Waals surface area contributed by atoms with Crippen LogP contribution in [0.15, 0.2) is 72.9 Å². The fraction of sp³-hybridized carbons (Fsp3) is 0.143. The minimum atomic E-state index is 0.0673. The summed E-state index contributed by atoms with van der Waals surface area (Å²) >= 11 is 0. The molecule has 25 heavy (non-hydrogen) atoms. The Morgan fingerprint density at radius 1 is 0.960 bits per heavy atom. The highest BCUT2D eigenvalue weighted by molar-refractivity contribution is 5.93. The molecule has 1 saturated heterocycles. The first-order valence-corrected chi connectivity index (χ1v) is 8.49. The van der Waals surface area contributed by atoms with Gasteiger partial charge in [0.15, 0.2) is 0 Å². The highest BCUT2D eigenvalue weighted by atomic mass is 16.2. The summed E-state index contributed by atoms with van der Waals surface area (Å²) in [6.45, 7) is 1.72. The maximum absolute atomic E-state index is 12.1. The predicted octanol–water partition coefficient (Wildman–Crippen LogP) is 3.78.